The zero-order chi connectivity index (χ0) is 44.7. The molecular formula is C58H56GeIrN4O-2. The minimum absolute atomic E-state index is 0. The van der Waals surface area contributed by atoms with Crippen LogP contribution in [0, 0.1) is 18.1 Å². The standard InChI is InChI=1S/C40H32N3O.C18H24GeN.Ir/c1-24(2)33-21-28(26-13-6-5-7-14-26)22-34(25(3)4)36(33)43-37-29-16-9-8-15-27(29)23-41-39(37)42-40(43)32-19-12-18-31-30-17-10-11-20-35(30)44-38(31)32;1-14(2)11-16-12-18(15-9-7-6-8-10-15)20-13-17(16)19(3,4)5;/h5-18,20-25H,1-4H3;6-9,12-14H,11H2,1-5H3;/q2*-1;. The molecule has 10 rings (SSSR count). The first-order valence-electron chi connectivity index (χ1n) is 22.7. The molecule has 4 heterocycles. The number of fused-ring (bicyclic) bond motifs is 6. The Hall–Kier alpha value is -5.66. The average Bonchev–Trinajstić information content (AvgIpc) is 3.88. The van der Waals surface area contributed by atoms with Crippen molar-refractivity contribution >= 4 is 61.5 Å². The van der Waals surface area contributed by atoms with Gasteiger partial charge in [0.15, 0.2) is 5.65 Å². The molecule has 6 aromatic carbocycles. The first-order valence-corrected chi connectivity index (χ1v) is 30.0. The van der Waals surface area contributed by atoms with Gasteiger partial charge in [0.25, 0.3) is 0 Å². The van der Waals surface area contributed by atoms with E-state index in [-0.39, 0.29) is 31.9 Å². The van der Waals surface area contributed by atoms with Gasteiger partial charge >= 0.3 is 126 Å². The summed E-state index contributed by atoms with van der Waals surface area (Å²) < 4.78 is 10.4. The Labute approximate surface area is 400 Å². The van der Waals surface area contributed by atoms with Crippen LogP contribution in [0.3, 0.4) is 0 Å². The molecule has 0 atom stereocenters. The van der Waals surface area contributed by atoms with Crippen LogP contribution in [0.25, 0.3) is 83.3 Å². The minimum atomic E-state index is -1.86. The molecule has 65 heavy (non-hydrogen) atoms. The number of benzene rings is 6. The van der Waals surface area contributed by atoms with Crippen molar-refractivity contribution in [2.45, 2.75) is 77.1 Å². The van der Waals surface area contributed by atoms with Gasteiger partial charge in [-0.25, -0.2) is 4.98 Å². The molecule has 7 heteroatoms. The van der Waals surface area contributed by atoms with Crippen molar-refractivity contribution in [1.82, 2.24) is 19.5 Å². The number of imidazole rings is 1. The van der Waals surface area contributed by atoms with E-state index in [2.05, 4.69) is 179 Å². The third kappa shape index (κ3) is 9.14. The zero-order valence-electron chi connectivity index (χ0n) is 38.8. The molecule has 4 aromatic heterocycles. The van der Waals surface area contributed by atoms with Crippen LogP contribution in [-0.2, 0) is 26.5 Å². The van der Waals surface area contributed by atoms with Gasteiger partial charge in [-0.3, -0.25) is 4.98 Å². The molecule has 0 aliphatic heterocycles. The van der Waals surface area contributed by atoms with E-state index in [4.69, 9.17) is 19.4 Å². The minimum Gasteiger partial charge on any atom is -0.501 e. The first-order chi connectivity index (χ1) is 30.9. The van der Waals surface area contributed by atoms with Crippen LogP contribution in [0.15, 0.2) is 150 Å². The molecule has 10 aromatic rings. The van der Waals surface area contributed by atoms with Crippen molar-refractivity contribution in [3.05, 3.63) is 175 Å². The maximum atomic E-state index is 6.54. The fourth-order valence-corrected chi connectivity index (χ4v) is 12.4. The van der Waals surface area contributed by atoms with E-state index in [0.29, 0.717) is 11.6 Å². The molecule has 0 amide bonds. The maximum Gasteiger partial charge on any atom is 0.169 e. The second kappa shape index (κ2) is 19.1. The quantitative estimate of drug-likeness (QED) is 0.107. The number of hydrogen-bond donors (Lipinski definition) is 0. The van der Waals surface area contributed by atoms with Crippen molar-refractivity contribution < 1.29 is 24.5 Å². The molecule has 0 N–H and O–H groups in total. The van der Waals surface area contributed by atoms with Crippen molar-refractivity contribution in [1.29, 1.82) is 0 Å². The third-order valence-corrected chi connectivity index (χ3v) is 16.5. The van der Waals surface area contributed by atoms with E-state index < -0.39 is 13.3 Å². The van der Waals surface area contributed by atoms with Gasteiger partial charge in [-0.05, 0) is 52.3 Å². The van der Waals surface area contributed by atoms with Gasteiger partial charge in [0.2, 0.25) is 0 Å². The molecule has 0 unspecified atom stereocenters. The van der Waals surface area contributed by atoms with Crippen molar-refractivity contribution in [2.75, 3.05) is 0 Å². The monoisotopic (exact) mass is 1090 g/mol. The molecule has 329 valence electrons. The average molecular weight is 1090 g/mol. The predicted molar refractivity (Wildman–Crippen MR) is 272 cm³/mol. The smallest absolute Gasteiger partial charge is 0.169 e. The summed E-state index contributed by atoms with van der Waals surface area (Å²) in [5.41, 5.74) is 13.9. The molecule has 0 saturated carbocycles. The summed E-state index contributed by atoms with van der Waals surface area (Å²) in [6.45, 7) is 13.7. The molecule has 5 nitrogen and oxygen atoms in total. The normalized spacial score (nSPS) is 11.8. The Morgan fingerprint density at radius 3 is 2.00 bits per heavy atom. The van der Waals surface area contributed by atoms with Crippen LogP contribution < -0.4 is 4.40 Å². The molecule has 0 aliphatic rings. The van der Waals surface area contributed by atoms with Gasteiger partial charge in [-0.1, -0.05) is 111 Å². The van der Waals surface area contributed by atoms with Crippen LogP contribution in [-0.4, -0.2) is 32.8 Å². The Morgan fingerprint density at radius 1 is 0.646 bits per heavy atom. The summed E-state index contributed by atoms with van der Waals surface area (Å²) in [5.74, 6) is 9.29. The van der Waals surface area contributed by atoms with Crippen molar-refractivity contribution in [2.24, 2.45) is 5.92 Å². The van der Waals surface area contributed by atoms with E-state index in [1.54, 1.807) is 4.40 Å². The first kappa shape index (κ1) is 45.9. The number of para-hydroxylation sites is 1. The summed E-state index contributed by atoms with van der Waals surface area (Å²) in [7, 11) is 0. The summed E-state index contributed by atoms with van der Waals surface area (Å²) in [6.07, 6.45) is 5.20. The number of rotatable bonds is 9. The van der Waals surface area contributed by atoms with Crippen LogP contribution in [0.5, 0.6) is 0 Å². The fraction of sp³-hybridized carbons (Fsp3) is 0.224. The van der Waals surface area contributed by atoms with Gasteiger partial charge in [-0.2, -0.15) is 0 Å². The van der Waals surface area contributed by atoms with Crippen LogP contribution in [0.1, 0.15) is 70.1 Å². The largest absolute Gasteiger partial charge is 0.501 e. The molecule has 0 saturated heterocycles. The third-order valence-electron chi connectivity index (χ3n) is 12.1. The Bertz CT molecular complexity index is 3240. The molecule has 1 radical (unpaired) electrons. The SMILES string of the molecule is CC(C)Cc1cc(-c2[c-]cccc2)nc[c]1[Ge]([CH3])([CH3])[CH3].CC(C)c1cc(-c2ccccc2)cc(C(C)C)c1-n1c(-c2[c-]ccc3c2oc2ccccc23)nc2ncc3ccccc3c21.[Ir]. The topological polar surface area (TPSA) is 56.7 Å². The van der Waals surface area contributed by atoms with Crippen LogP contribution in [0.4, 0.5) is 0 Å². The predicted octanol–water partition coefficient (Wildman–Crippen LogP) is 15.1. The molecule has 0 spiro atoms. The van der Waals surface area contributed by atoms with Crippen molar-refractivity contribution in [3.8, 4) is 39.5 Å². The van der Waals surface area contributed by atoms with E-state index in [1.807, 2.05) is 42.6 Å². The van der Waals surface area contributed by atoms with Gasteiger partial charge in [0, 0.05) is 48.1 Å². The number of aromatic nitrogens is 4. The van der Waals surface area contributed by atoms with Gasteiger partial charge in [0.05, 0.1) is 16.9 Å². The summed E-state index contributed by atoms with van der Waals surface area (Å²) in [5, 5.41) is 4.33. The number of hydrogen-bond acceptors (Lipinski definition) is 4. The van der Waals surface area contributed by atoms with Gasteiger partial charge < -0.3 is 8.98 Å². The zero-order valence-corrected chi connectivity index (χ0v) is 43.3. The van der Waals surface area contributed by atoms with Crippen LogP contribution in [0.2, 0.25) is 17.3 Å². The van der Waals surface area contributed by atoms with E-state index in [1.165, 1.54) is 27.8 Å². The molecule has 0 fully saturated rings. The maximum absolute atomic E-state index is 6.54. The molecule has 0 aliphatic carbocycles. The number of furan rings is 1. The number of pyridine rings is 2. The number of nitrogens with zero attached hydrogens (tertiary/aromatic N) is 4. The Balaban J connectivity index is 0.000000232. The summed E-state index contributed by atoms with van der Waals surface area (Å²) in [4.78, 5) is 14.9. The summed E-state index contributed by atoms with van der Waals surface area (Å²) >= 11 is -1.86. The van der Waals surface area contributed by atoms with E-state index >= 15 is 0 Å². The van der Waals surface area contributed by atoms with Gasteiger partial charge in [0.1, 0.15) is 5.58 Å². The van der Waals surface area contributed by atoms with E-state index in [0.717, 1.165) is 73.0 Å². The van der Waals surface area contributed by atoms with Crippen molar-refractivity contribution in [3.63, 3.8) is 0 Å². The molecular weight excluding hydrogens is 1030 g/mol. The second-order valence-electron chi connectivity index (χ2n) is 19.0. The van der Waals surface area contributed by atoms with Crippen LogP contribution >= 0.6 is 0 Å². The fourth-order valence-electron chi connectivity index (χ4n) is 9.03. The molecule has 0 bridgehead atoms. The summed E-state index contributed by atoms with van der Waals surface area (Å²) in [6, 6.07) is 53.3. The Kier molecular flexibility index (Phi) is 13.5. The Morgan fingerprint density at radius 2 is 1.32 bits per heavy atom. The van der Waals surface area contributed by atoms with E-state index in [9.17, 15) is 0 Å². The second-order valence-corrected chi connectivity index (χ2v) is 29.6. The van der Waals surface area contributed by atoms with Gasteiger partial charge in [-0.15, -0.1) is 18.2 Å².